The predicted octanol–water partition coefficient (Wildman–Crippen LogP) is 5.45. The third-order valence-corrected chi connectivity index (χ3v) is 6.02. The van der Waals surface area contributed by atoms with Gasteiger partial charge in [0.05, 0.1) is 31.7 Å². The Hall–Kier alpha value is -3.97. The Balaban J connectivity index is 1.85. The van der Waals surface area contributed by atoms with E-state index in [4.69, 9.17) is 9.47 Å². The van der Waals surface area contributed by atoms with Gasteiger partial charge in [-0.05, 0) is 47.4 Å². The number of rotatable bonds is 4. The predicted molar refractivity (Wildman–Crippen MR) is 123 cm³/mol. The molecule has 0 radical (unpaired) electrons. The molecule has 0 spiro atoms. The topological polar surface area (TPSA) is 45.5 Å². The van der Waals surface area contributed by atoms with Gasteiger partial charge in [0.1, 0.15) is 11.5 Å². The Morgan fingerprint density at radius 2 is 1.45 bits per heavy atom. The van der Waals surface area contributed by atoms with E-state index < -0.39 is 0 Å². The van der Waals surface area contributed by atoms with Gasteiger partial charge < -0.3 is 14.4 Å². The van der Waals surface area contributed by atoms with E-state index >= 15 is 0 Å². The number of allylic oxidation sites excluding steroid dienone is 2. The Labute approximate surface area is 182 Å². The highest BCUT2D eigenvalue weighted by atomic mass is 16.5. The number of anilines is 1. The second-order valence-electron chi connectivity index (χ2n) is 7.58. The van der Waals surface area contributed by atoms with Gasteiger partial charge in [-0.15, -0.1) is 0 Å². The molecule has 4 heteroatoms. The molecule has 0 saturated carbocycles. The Kier molecular flexibility index (Phi) is 4.72. The first-order valence-electron chi connectivity index (χ1n) is 10.3. The third-order valence-electron chi connectivity index (χ3n) is 6.02. The van der Waals surface area contributed by atoms with Crippen molar-refractivity contribution in [2.75, 3.05) is 25.7 Å². The molecule has 0 atom stereocenters. The summed E-state index contributed by atoms with van der Waals surface area (Å²) < 4.78 is 10.7. The van der Waals surface area contributed by atoms with Crippen molar-refractivity contribution >= 4 is 16.8 Å². The summed E-state index contributed by atoms with van der Waals surface area (Å²) in [5.41, 5.74) is 9.00. The van der Waals surface area contributed by atoms with Crippen molar-refractivity contribution in [1.29, 1.82) is 5.26 Å². The van der Waals surface area contributed by atoms with Crippen LogP contribution in [0, 0.1) is 11.3 Å². The summed E-state index contributed by atoms with van der Waals surface area (Å²) in [5, 5.41) is 9.66. The molecule has 0 saturated heterocycles. The first kappa shape index (κ1) is 19.0. The average molecular weight is 406 g/mol. The van der Waals surface area contributed by atoms with E-state index in [1.165, 1.54) is 16.8 Å². The molecule has 0 aliphatic carbocycles. The first-order valence-corrected chi connectivity index (χ1v) is 10.3. The molecule has 0 bridgehead atoms. The van der Waals surface area contributed by atoms with Gasteiger partial charge in [0, 0.05) is 29.3 Å². The second kappa shape index (κ2) is 7.70. The fourth-order valence-corrected chi connectivity index (χ4v) is 4.61. The van der Waals surface area contributed by atoms with Crippen molar-refractivity contribution in [3.63, 3.8) is 0 Å². The molecule has 5 rings (SSSR count). The van der Waals surface area contributed by atoms with E-state index in [1.807, 2.05) is 24.3 Å². The van der Waals surface area contributed by atoms with Crippen LogP contribution in [0.2, 0.25) is 0 Å². The summed E-state index contributed by atoms with van der Waals surface area (Å²) in [7, 11) is 3.34. The standard InChI is InChI=1S/C27H22N2O2/c1-30-21-10-6-18(7-11-21)25-23-5-3-4-20-15-17-29(27(20)23)24(14-16-28)26(25)19-8-12-22(31-2)13-9-19/h3-14H,15,17H2,1-2H3/b24-14+. The van der Waals surface area contributed by atoms with Gasteiger partial charge in [0.15, 0.2) is 0 Å². The molecule has 3 aromatic rings. The molecular formula is C27H22N2O2. The van der Waals surface area contributed by atoms with E-state index in [0.29, 0.717) is 0 Å². The van der Waals surface area contributed by atoms with E-state index in [9.17, 15) is 5.26 Å². The van der Waals surface area contributed by atoms with E-state index in [-0.39, 0.29) is 0 Å². The Morgan fingerprint density at radius 1 is 0.839 bits per heavy atom. The van der Waals surface area contributed by atoms with Crippen LogP contribution in [0.5, 0.6) is 11.5 Å². The number of benzene rings is 3. The summed E-state index contributed by atoms with van der Waals surface area (Å²) in [6.07, 6.45) is 2.64. The third kappa shape index (κ3) is 3.06. The minimum atomic E-state index is 0.806. The number of ether oxygens (including phenoxy) is 2. The number of hydrogen-bond donors (Lipinski definition) is 0. The van der Waals surface area contributed by atoms with Crippen molar-refractivity contribution in [1.82, 2.24) is 0 Å². The molecule has 0 aromatic heterocycles. The summed E-state index contributed by atoms with van der Waals surface area (Å²) in [6.45, 7) is 0.870. The molecule has 4 nitrogen and oxygen atoms in total. The van der Waals surface area contributed by atoms with E-state index in [2.05, 4.69) is 53.4 Å². The zero-order valence-corrected chi connectivity index (χ0v) is 17.6. The van der Waals surface area contributed by atoms with Crippen molar-refractivity contribution in [3.8, 4) is 17.6 Å². The lowest BCUT2D eigenvalue weighted by atomic mass is 9.83. The number of nitrogens with zero attached hydrogens (tertiary/aromatic N) is 2. The molecule has 31 heavy (non-hydrogen) atoms. The smallest absolute Gasteiger partial charge is 0.118 e. The second-order valence-corrected chi connectivity index (χ2v) is 7.58. The molecule has 2 aliphatic heterocycles. The molecule has 0 N–H and O–H groups in total. The molecule has 2 aliphatic rings. The molecule has 0 amide bonds. The van der Waals surface area contributed by atoms with Crippen molar-refractivity contribution < 1.29 is 9.47 Å². The highest BCUT2D eigenvalue weighted by Crippen LogP contribution is 2.50. The van der Waals surface area contributed by atoms with Crippen molar-refractivity contribution in [2.45, 2.75) is 6.42 Å². The van der Waals surface area contributed by atoms with Crippen molar-refractivity contribution in [2.24, 2.45) is 0 Å². The minimum absolute atomic E-state index is 0.806. The van der Waals surface area contributed by atoms with Gasteiger partial charge in [0.2, 0.25) is 0 Å². The Bertz CT molecular complexity index is 1250. The van der Waals surface area contributed by atoms with Gasteiger partial charge in [-0.25, -0.2) is 0 Å². The molecular weight excluding hydrogens is 384 g/mol. The summed E-state index contributed by atoms with van der Waals surface area (Å²) in [4.78, 5) is 2.29. The fourth-order valence-electron chi connectivity index (χ4n) is 4.61. The largest absolute Gasteiger partial charge is 0.497 e. The van der Waals surface area contributed by atoms with Gasteiger partial charge >= 0.3 is 0 Å². The van der Waals surface area contributed by atoms with Crippen LogP contribution < -0.4 is 14.4 Å². The maximum absolute atomic E-state index is 9.66. The summed E-state index contributed by atoms with van der Waals surface area (Å²) in [6, 6.07) is 25.0. The number of para-hydroxylation sites is 1. The number of methoxy groups -OCH3 is 2. The summed E-state index contributed by atoms with van der Waals surface area (Å²) in [5.74, 6) is 1.62. The quantitative estimate of drug-likeness (QED) is 0.541. The number of hydrogen-bond acceptors (Lipinski definition) is 4. The highest BCUT2D eigenvalue weighted by molar-refractivity contribution is 6.11. The van der Waals surface area contributed by atoms with E-state index in [1.54, 1.807) is 20.3 Å². The van der Waals surface area contributed by atoms with Gasteiger partial charge in [-0.2, -0.15) is 5.26 Å². The van der Waals surface area contributed by atoms with Gasteiger partial charge in [0.25, 0.3) is 0 Å². The van der Waals surface area contributed by atoms with E-state index in [0.717, 1.165) is 52.4 Å². The Morgan fingerprint density at radius 3 is 2.03 bits per heavy atom. The van der Waals surface area contributed by atoms with Crippen LogP contribution in [0.3, 0.4) is 0 Å². The lowest BCUT2D eigenvalue weighted by Crippen LogP contribution is -2.25. The van der Waals surface area contributed by atoms with Crippen LogP contribution in [0.1, 0.15) is 22.3 Å². The SMILES string of the molecule is COc1ccc(C2=C(c3ccc(OC)cc3)c3cccc4c3N(CC4)/C2=C/C#N)cc1. The lowest BCUT2D eigenvalue weighted by molar-refractivity contribution is 0.414. The zero-order valence-electron chi connectivity index (χ0n) is 17.6. The van der Waals surface area contributed by atoms with Crippen LogP contribution >= 0.6 is 0 Å². The monoisotopic (exact) mass is 406 g/mol. The maximum atomic E-state index is 9.66. The minimum Gasteiger partial charge on any atom is -0.497 e. The molecule has 0 fully saturated rings. The fraction of sp³-hybridized carbons (Fsp3) is 0.148. The van der Waals surface area contributed by atoms with Crippen LogP contribution in [-0.4, -0.2) is 20.8 Å². The molecule has 2 heterocycles. The van der Waals surface area contributed by atoms with Crippen LogP contribution in [-0.2, 0) is 6.42 Å². The first-order chi connectivity index (χ1) is 15.2. The van der Waals surface area contributed by atoms with Gasteiger partial charge in [-0.1, -0.05) is 42.5 Å². The van der Waals surface area contributed by atoms with Crippen molar-refractivity contribution in [3.05, 3.63) is 101 Å². The van der Waals surface area contributed by atoms with Crippen LogP contribution in [0.15, 0.2) is 78.5 Å². The molecule has 0 unspecified atom stereocenters. The molecule has 3 aromatic carbocycles. The highest BCUT2D eigenvalue weighted by Gasteiger charge is 2.35. The number of nitriles is 1. The summed E-state index contributed by atoms with van der Waals surface area (Å²) >= 11 is 0. The molecule has 152 valence electrons. The zero-order chi connectivity index (χ0) is 21.4. The maximum Gasteiger partial charge on any atom is 0.118 e. The van der Waals surface area contributed by atoms with Crippen LogP contribution in [0.4, 0.5) is 5.69 Å². The van der Waals surface area contributed by atoms with Gasteiger partial charge in [-0.3, -0.25) is 0 Å². The lowest BCUT2D eigenvalue weighted by Gasteiger charge is -2.34. The normalized spacial score (nSPS) is 15.6. The van der Waals surface area contributed by atoms with Crippen LogP contribution in [0.25, 0.3) is 11.1 Å². The average Bonchev–Trinajstić information content (AvgIpc) is 3.26.